The Bertz CT molecular complexity index is 162. The number of hydrogen-bond donors (Lipinski definition) is 1. The predicted molar refractivity (Wildman–Crippen MR) is 37.1 cm³/mol. The van der Waals surface area contributed by atoms with Crippen LogP contribution in [-0.2, 0) is 0 Å². The van der Waals surface area contributed by atoms with Crippen molar-refractivity contribution in [3.63, 3.8) is 0 Å². The molecular formula is C6H6BrFO. The maximum Gasteiger partial charge on any atom is 0.242 e. The lowest BCUT2D eigenvalue weighted by atomic mass is 10.1. The molecule has 1 aliphatic rings. The summed E-state index contributed by atoms with van der Waals surface area (Å²) in [6.07, 6.45) is 5.79. The molecule has 0 amide bonds. The van der Waals surface area contributed by atoms with Gasteiger partial charge in [-0.2, -0.15) is 0 Å². The highest BCUT2D eigenvalue weighted by Crippen LogP contribution is 2.25. The van der Waals surface area contributed by atoms with Crippen molar-refractivity contribution < 1.29 is 9.50 Å². The Morgan fingerprint density at radius 2 is 2.22 bits per heavy atom. The minimum Gasteiger partial charge on any atom is -0.357 e. The molecule has 1 N–H and O–H groups in total. The molecule has 0 heterocycles. The van der Waals surface area contributed by atoms with Crippen LogP contribution in [0.1, 0.15) is 0 Å². The van der Waals surface area contributed by atoms with E-state index in [1.165, 1.54) is 6.08 Å². The zero-order valence-electron chi connectivity index (χ0n) is 4.59. The summed E-state index contributed by atoms with van der Waals surface area (Å²) in [6.45, 7) is 0. The first kappa shape index (κ1) is 6.96. The fraction of sp³-hybridized carbons (Fsp3) is 0.333. The standard InChI is InChI=1S/C6H6BrFO/c7-5-3-1-2-4-6(5,8)9/h1-5,9H. The van der Waals surface area contributed by atoms with Crippen molar-refractivity contribution in [1.29, 1.82) is 0 Å². The van der Waals surface area contributed by atoms with Gasteiger partial charge in [-0.1, -0.05) is 34.2 Å². The van der Waals surface area contributed by atoms with E-state index in [2.05, 4.69) is 15.9 Å². The SMILES string of the molecule is OC1(F)C=CC=CC1Br. The summed E-state index contributed by atoms with van der Waals surface area (Å²) in [4.78, 5) is -0.616. The molecule has 0 aliphatic heterocycles. The molecule has 2 atom stereocenters. The van der Waals surface area contributed by atoms with E-state index in [1.807, 2.05) is 0 Å². The zero-order valence-corrected chi connectivity index (χ0v) is 6.18. The highest BCUT2D eigenvalue weighted by atomic mass is 79.9. The van der Waals surface area contributed by atoms with Crippen LogP contribution in [0.2, 0.25) is 0 Å². The maximum atomic E-state index is 12.6. The second-order valence-corrected chi connectivity index (χ2v) is 2.86. The average Bonchev–Trinajstić information content (AvgIpc) is 1.77. The van der Waals surface area contributed by atoms with Gasteiger partial charge in [-0.25, -0.2) is 4.39 Å². The van der Waals surface area contributed by atoms with Gasteiger partial charge in [0.2, 0.25) is 5.85 Å². The molecule has 1 rings (SSSR count). The zero-order chi connectivity index (χ0) is 6.91. The Balaban J connectivity index is 2.78. The third-order valence-corrected chi connectivity index (χ3v) is 2.06. The number of halogens is 2. The Hall–Kier alpha value is -0.150. The lowest BCUT2D eigenvalue weighted by molar-refractivity contribution is -0.0321. The molecule has 2 unspecified atom stereocenters. The summed E-state index contributed by atoms with van der Waals surface area (Å²) in [5.74, 6) is -2.21. The molecule has 0 spiro atoms. The van der Waals surface area contributed by atoms with E-state index in [4.69, 9.17) is 5.11 Å². The first-order chi connectivity index (χ1) is 4.13. The number of rotatable bonds is 0. The predicted octanol–water partition coefficient (Wildman–Crippen LogP) is 1.53. The van der Waals surface area contributed by atoms with Gasteiger partial charge in [-0.15, -0.1) is 0 Å². The van der Waals surface area contributed by atoms with E-state index in [0.29, 0.717) is 0 Å². The van der Waals surface area contributed by atoms with Gasteiger partial charge in [0.1, 0.15) is 0 Å². The van der Waals surface area contributed by atoms with Gasteiger partial charge in [0, 0.05) is 0 Å². The van der Waals surface area contributed by atoms with E-state index >= 15 is 0 Å². The quantitative estimate of drug-likeness (QED) is 0.578. The van der Waals surface area contributed by atoms with Crippen molar-refractivity contribution in [2.24, 2.45) is 0 Å². The molecular weight excluding hydrogens is 187 g/mol. The summed E-state index contributed by atoms with van der Waals surface area (Å²) in [5, 5.41) is 8.79. The number of alkyl halides is 2. The second kappa shape index (κ2) is 2.23. The first-order valence-electron chi connectivity index (χ1n) is 2.54. The summed E-state index contributed by atoms with van der Waals surface area (Å²) >= 11 is 2.95. The van der Waals surface area contributed by atoms with Gasteiger partial charge in [0.25, 0.3) is 0 Å². The minimum atomic E-state index is -2.21. The van der Waals surface area contributed by atoms with E-state index < -0.39 is 10.7 Å². The minimum absolute atomic E-state index is 0.616. The van der Waals surface area contributed by atoms with Crippen LogP contribution in [0, 0.1) is 0 Å². The molecule has 1 aliphatic carbocycles. The fourth-order valence-electron chi connectivity index (χ4n) is 0.579. The van der Waals surface area contributed by atoms with Gasteiger partial charge >= 0.3 is 0 Å². The van der Waals surface area contributed by atoms with Gasteiger partial charge in [-0.05, 0) is 6.08 Å². The second-order valence-electron chi connectivity index (χ2n) is 1.87. The molecule has 3 heteroatoms. The van der Waals surface area contributed by atoms with Gasteiger partial charge in [-0.3, -0.25) is 0 Å². The van der Waals surface area contributed by atoms with Crippen molar-refractivity contribution in [2.45, 2.75) is 10.7 Å². The smallest absolute Gasteiger partial charge is 0.242 e. The van der Waals surface area contributed by atoms with E-state index in [-0.39, 0.29) is 0 Å². The highest BCUT2D eigenvalue weighted by molar-refractivity contribution is 9.09. The third-order valence-electron chi connectivity index (χ3n) is 1.11. The number of hydrogen-bond acceptors (Lipinski definition) is 1. The van der Waals surface area contributed by atoms with E-state index in [9.17, 15) is 4.39 Å². The van der Waals surface area contributed by atoms with Crippen molar-refractivity contribution in [2.75, 3.05) is 0 Å². The average molecular weight is 193 g/mol. The Kier molecular flexibility index (Phi) is 1.73. The molecule has 0 bridgehead atoms. The monoisotopic (exact) mass is 192 g/mol. The van der Waals surface area contributed by atoms with Crippen LogP contribution in [0.25, 0.3) is 0 Å². The topological polar surface area (TPSA) is 20.2 Å². The summed E-state index contributed by atoms with van der Waals surface area (Å²) in [5.41, 5.74) is 0. The lowest BCUT2D eigenvalue weighted by Crippen LogP contribution is -2.30. The number of aliphatic hydroxyl groups is 1. The van der Waals surface area contributed by atoms with Crippen molar-refractivity contribution >= 4 is 15.9 Å². The van der Waals surface area contributed by atoms with Crippen molar-refractivity contribution in [3.05, 3.63) is 24.3 Å². The molecule has 0 aromatic heterocycles. The molecule has 0 saturated heterocycles. The van der Waals surface area contributed by atoms with Crippen LogP contribution in [0.15, 0.2) is 24.3 Å². The Labute approximate surface area is 61.0 Å². The first-order valence-corrected chi connectivity index (χ1v) is 3.46. The maximum absolute atomic E-state index is 12.6. The lowest BCUT2D eigenvalue weighted by Gasteiger charge is -2.19. The Morgan fingerprint density at radius 1 is 1.56 bits per heavy atom. The highest BCUT2D eigenvalue weighted by Gasteiger charge is 2.31. The van der Waals surface area contributed by atoms with Crippen LogP contribution in [0.3, 0.4) is 0 Å². The van der Waals surface area contributed by atoms with E-state index in [0.717, 1.165) is 6.08 Å². The van der Waals surface area contributed by atoms with Gasteiger partial charge < -0.3 is 5.11 Å². The molecule has 0 fully saturated rings. The van der Waals surface area contributed by atoms with Crippen LogP contribution in [-0.4, -0.2) is 15.8 Å². The van der Waals surface area contributed by atoms with Crippen LogP contribution >= 0.6 is 15.9 Å². The molecule has 50 valence electrons. The third kappa shape index (κ3) is 1.40. The number of allylic oxidation sites excluding steroid dienone is 2. The van der Waals surface area contributed by atoms with Gasteiger partial charge in [0.05, 0.1) is 4.83 Å². The normalized spacial score (nSPS) is 41.4. The van der Waals surface area contributed by atoms with Crippen molar-refractivity contribution in [1.82, 2.24) is 0 Å². The van der Waals surface area contributed by atoms with E-state index in [1.54, 1.807) is 12.2 Å². The van der Waals surface area contributed by atoms with Gasteiger partial charge in [0.15, 0.2) is 0 Å². The molecule has 9 heavy (non-hydrogen) atoms. The van der Waals surface area contributed by atoms with Crippen LogP contribution < -0.4 is 0 Å². The molecule has 0 saturated carbocycles. The molecule has 0 radical (unpaired) electrons. The largest absolute Gasteiger partial charge is 0.357 e. The van der Waals surface area contributed by atoms with Crippen LogP contribution in [0.4, 0.5) is 4.39 Å². The van der Waals surface area contributed by atoms with Crippen LogP contribution in [0.5, 0.6) is 0 Å². The van der Waals surface area contributed by atoms with Crippen molar-refractivity contribution in [3.8, 4) is 0 Å². The fourth-order valence-corrected chi connectivity index (χ4v) is 0.908. The molecule has 1 nitrogen and oxygen atoms in total. The summed E-state index contributed by atoms with van der Waals surface area (Å²) < 4.78 is 12.6. The summed E-state index contributed by atoms with van der Waals surface area (Å²) in [7, 11) is 0. The summed E-state index contributed by atoms with van der Waals surface area (Å²) in [6, 6.07) is 0. The Morgan fingerprint density at radius 3 is 2.56 bits per heavy atom. The molecule has 0 aromatic carbocycles. The molecule has 0 aromatic rings.